The molecule has 0 saturated carbocycles. The molecule has 0 spiro atoms. The van der Waals surface area contributed by atoms with Gasteiger partial charge in [-0.05, 0) is 12.5 Å². The fraction of sp³-hybridized carbons (Fsp3) is 0.154. The molecule has 6 heteroatoms. The lowest BCUT2D eigenvalue weighted by molar-refractivity contribution is 0.0945. The predicted molar refractivity (Wildman–Crippen MR) is 72.2 cm³/mol. The number of anilines is 1. The third-order valence-corrected chi connectivity index (χ3v) is 2.57. The van der Waals surface area contributed by atoms with Gasteiger partial charge in [0.25, 0.3) is 5.91 Å². The maximum Gasteiger partial charge on any atom is 0.271 e. The SMILES string of the molecule is Cc1cccc(CNC(=O)c2cnc(NN)cn2)c1. The van der Waals surface area contributed by atoms with Gasteiger partial charge < -0.3 is 10.7 Å². The first-order valence-electron chi connectivity index (χ1n) is 5.81. The molecule has 0 bridgehead atoms. The van der Waals surface area contributed by atoms with Crippen LogP contribution in [-0.4, -0.2) is 15.9 Å². The van der Waals surface area contributed by atoms with Crippen molar-refractivity contribution in [1.82, 2.24) is 15.3 Å². The second-order valence-corrected chi connectivity index (χ2v) is 4.10. The molecule has 2 rings (SSSR count). The number of hydrazine groups is 1. The van der Waals surface area contributed by atoms with E-state index in [0.29, 0.717) is 12.4 Å². The van der Waals surface area contributed by atoms with Gasteiger partial charge in [-0.15, -0.1) is 0 Å². The molecular formula is C13H15N5O. The van der Waals surface area contributed by atoms with Gasteiger partial charge in [0.05, 0.1) is 12.4 Å². The number of hydrogen-bond acceptors (Lipinski definition) is 5. The van der Waals surface area contributed by atoms with Crippen molar-refractivity contribution in [1.29, 1.82) is 0 Å². The Morgan fingerprint density at radius 2 is 2.16 bits per heavy atom. The highest BCUT2D eigenvalue weighted by Gasteiger charge is 2.07. The molecule has 0 radical (unpaired) electrons. The summed E-state index contributed by atoms with van der Waals surface area (Å²) < 4.78 is 0. The minimum absolute atomic E-state index is 0.256. The Morgan fingerprint density at radius 1 is 1.32 bits per heavy atom. The highest BCUT2D eigenvalue weighted by atomic mass is 16.1. The molecule has 0 atom stereocenters. The van der Waals surface area contributed by atoms with Crippen LogP contribution in [0.3, 0.4) is 0 Å². The Morgan fingerprint density at radius 3 is 2.79 bits per heavy atom. The van der Waals surface area contributed by atoms with Gasteiger partial charge in [0, 0.05) is 6.54 Å². The molecular weight excluding hydrogens is 242 g/mol. The van der Waals surface area contributed by atoms with Gasteiger partial charge in [0.2, 0.25) is 0 Å². The number of nitrogens with zero attached hydrogens (tertiary/aromatic N) is 2. The summed E-state index contributed by atoms with van der Waals surface area (Å²) >= 11 is 0. The van der Waals surface area contributed by atoms with Gasteiger partial charge in [0.1, 0.15) is 5.69 Å². The molecule has 1 aromatic heterocycles. The van der Waals surface area contributed by atoms with E-state index in [2.05, 4.69) is 20.7 Å². The van der Waals surface area contributed by atoms with E-state index in [9.17, 15) is 4.79 Å². The molecule has 98 valence electrons. The topological polar surface area (TPSA) is 92.9 Å². The minimum Gasteiger partial charge on any atom is -0.347 e. The molecule has 0 aliphatic heterocycles. The monoisotopic (exact) mass is 257 g/mol. The number of aryl methyl sites for hydroxylation is 1. The average Bonchev–Trinajstić information content (AvgIpc) is 2.45. The number of carbonyl (C=O) groups excluding carboxylic acids is 1. The Balaban J connectivity index is 1.97. The third kappa shape index (κ3) is 3.49. The van der Waals surface area contributed by atoms with E-state index in [0.717, 1.165) is 11.1 Å². The minimum atomic E-state index is -0.266. The van der Waals surface area contributed by atoms with Gasteiger partial charge in [-0.25, -0.2) is 15.8 Å². The lowest BCUT2D eigenvalue weighted by Gasteiger charge is -2.06. The Bertz CT molecular complexity index is 568. The van der Waals surface area contributed by atoms with E-state index >= 15 is 0 Å². The van der Waals surface area contributed by atoms with Gasteiger partial charge in [-0.1, -0.05) is 29.8 Å². The zero-order chi connectivity index (χ0) is 13.7. The maximum absolute atomic E-state index is 11.8. The summed E-state index contributed by atoms with van der Waals surface area (Å²) in [5.74, 6) is 5.32. The van der Waals surface area contributed by atoms with Crippen molar-refractivity contribution < 1.29 is 4.79 Å². The lowest BCUT2D eigenvalue weighted by Crippen LogP contribution is -2.24. The normalized spacial score (nSPS) is 10.0. The molecule has 0 aliphatic rings. The smallest absolute Gasteiger partial charge is 0.271 e. The summed E-state index contributed by atoms with van der Waals surface area (Å²) in [5, 5.41) is 2.79. The zero-order valence-electron chi connectivity index (χ0n) is 10.6. The molecule has 2 aromatic rings. The first kappa shape index (κ1) is 13.0. The fourth-order valence-corrected chi connectivity index (χ4v) is 1.61. The van der Waals surface area contributed by atoms with Crippen molar-refractivity contribution in [2.75, 3.05) is 5.43 Å². The average molecular weight is 257 g/mol. The molecule has 19 heavy (non-hydrogen) atoms. The van der Waals surface area contributed by atoms with Crippen molar-refractivity contribution in [3.63, 3.8) is 0 Å². The molecule has 4 N–H and O–H groups in total. The second-order valence-electron chi connectivity index (χ2n) is 4.10. The molecule has 1 amide bonds. The number of amides is 1. The number of hydrogen-bond donors (Lipinski definition) is 3. The van der Waals surface area contributed by atoms with E-state index in [1.165, 1.54) is 12.4 Å². The summed E-state index contributed by atoms with van der Waals surface area (Å²) in [4.78, 5) is 19.7. The van der Waals surface area contributed by atoms with Crippen LogP contribution >= 0.6 is 0 Å². The van der Waals surface area contributed by atoms with Crippen molar-refractivity contribution in [2.24, 2.45) is 5.84 Å². The molecule has 0 saturated heterocycles. The molecule has 0 fully saturated rings. The summed E-state index contributed by atoms with van der Waals surface area (Å²) in [6, 6.07) is 7.95. The summed E-state index contributed by atoms with van der Waals surface area (Å²) in [6.07, 6.45) is 2.78. The highest BCUT2D eigenvalue weighted by molar-refractivity contribution is 5.91. The second kappa shape index (κ2) is 5.92. The van der Waals surface area contributed by atoms with Crippen molar-refractivity contribution >= 4 is 11.7 Å². The first-order chi connectivity index (χ1) is 9.19. The van der Waals surface area contributed by atoms with Crippen LogP contribution in [0.2, 0.25) is 0 Å². The number of nitrogen functional groups attached to an aromatic ring is 1. The number of nitrogens with one attached hydrogen (secondary N) is 2. The molecule has 1 aromatic carbocycles. The maximum atomic E-state index is 11.8. The molecule has 6 nitrogen and oxygen atoms in total. The van der Waals surface area contributed by atoms with Crippen molar-refractivity contribution in [3.05, 3.63) is 53.5 Å². The number of rotatable bonds is 4. The molecule has 1 heterocycles. The zero-order valence-corrected chi connectivity index (χ0v) is 10.6. The van der Waals surface area contributed by atoms with E-state index in [1.54, 1.807) is 0 Å². The van der Waals surface area contributed by atoms with Gasteiger partial charge in [-0.3, -0.25) is 4.79 Å². The summed E-state index contributed by atoms with van der Waals surface area (Å²) in [7, 11) is 0. The van der Waals surface area contributed by atoms with Crippen LogP contribution in [0.25, 0.3) is 0 Å². The van der Waals surface area contributed by atoms with Gasteiger partial charge >= 0.3 is 0 Å². The summed E-state index contributed by atoms with van der Waals surface area (Å²) in [6.45, 7) is 2.47. The Kier molecular flexibility index (Phi) is 4.04. The van der Waals surface area contributed by atoms with Crippen LogP contribution in [0.1, 0.15) is 21.6 Å². The number of benzene rings is 1. The van der Waals surface area contributed by atoms with Gasteiger partial charge in [0.15, 0.2) is 5.82 Å². The Labute approximate surface area is 111 Å². The van der Waals surface area contributed by atoms with Crippen molar-refractivity contribution in [3.8, 4) is 0 Å². The van der Waals surface area contributed by atoms with E-state index in [1.807, 2.05) is 31.2 Å². The first-order valence-corrected chi connectivity index (χ1v) is 5.81. The molecule has 0 aliphatic carbocycles. The molecule has 0 unspecified atom stereocenters. The van der Waals surface area contributed by atoms with Gasteiger partial charge in [-0.2, -0.15) is 0 Å². The van der Waals surface area contributed by atoms with Crippen LogP contribution in [-0.2, 0) is 6.54 Å². The van der Waals surface area contributed by atoms with E-state index in [-0.39, 0.29) is 11.6 Å². The summed E-state index contributed by atoms with van der Waals surface area (Å²) in [5.41, 5.74) is 4.81. The fourth-order valence-electron chi connectivity index (χ4n) is 1.61. The van der Waals surface area contributed by atoms with E-state index < -0.39 is 0 Å². The van der Waals surface area contributed by atoms with Crippen LogP contribution in [0.5, 0.6) is 0 Å². The quantitative estimate of drug-likeness (QED) is 0.561. The number of nitrogens with two attached hydrogens (primary N) is 1. The third-order valence-electron chi connectivity index (χ3n) is 2.57. The largest absolute Gasteiger partial charge is 0.347 e. The van der Waals surface area contributed by atoms with Crippen LogP contribution in [0, 0.1) is 6.92 Å². The van der Waals surface area contributed by atoms with Crippen LogP contribution in [0.15, 0.2) is 36.7 Å². The Hall–Kier alpha value is -2.47. The van der Waals surface area contributed by atoms with Crippen LogP contribution in [0.4, 0.5) is 5.82 Å². The lowest BCUT2D eigenvalue weighted by atomic mass is 10.1. The standard InChI is InChI=1S/C13H15N5O/c1-9-3-2-4-10(5-9)6-17-13(19)11-7-16-12(18-14)8-15-11/h2-5,7-8H,6,14H2,1H3,(H,16,18)(H,17,19). The highest BCUT2D eigenvalue weighted by Crippen LogP contribution is 2.04. The van der Waals surface area contributed by atoms with Crippen molar-refractivity contribution in [2.45, 2.75) is 13.5 Å². The number of aromatic nitrogens is 2. The number of carbonyl (C=O) groups is 1. The van der Waals surface area contributed by atoms with Crippen LogP contribution < -0.4 is 16.6 Å². The van der Waals surface area contributed by atoms with E-state index in [4.69, 9.17) is 5.84 Å². The predicted octanol–water partition coefficient (Wildman–Crippen LogP) is 1.00.